The van der Waals surface area contributed by atoms with E-state index in [1.54, 1.807) is 12.1 Å². The SMILES string of the molecule is COC(=O)[C@H]1CC[C@@H](c2ccc(OC)c(B(O)O)c2)C1. The molecule has 0 unspecified atom stereocenters. The molecule has 1 aromatic carbocycles. The van der Waals surface area contributed by atoms with Crippen LogP contribution in [0.15, 0.2) is 18.2 Å². The minimum Gasteiger partial charge on any atom is -0.497 e. The number of hydrogen-bond acceptors (Lipinski definition) is 5. The molecule has 1 saturated carbocycles. The fraction of sp³-hybridized carbons (Fsp3) is 0.500. The minimum atomic E-state index is -1.57. The Morgan fingerprint density at radius 1 is 1.30 bits per heavy atom. The average Bonchev–Trinajstić information content (AvgIpc) is 2.95. The van der Waals surface area contributed by atoms with Crippen molar-refractivity contribution in [2.75, 3.05) is 14.2 Å². The van der Waals surface area contributed by atoms with E-state index in [2.05, 4.69) is 0 Å². The molecule has 20 heavy (non-hydrogen) atoms. The van der Waals surface area contributed by atoms with Crippen LogP contribution in [0.3, 0.4) is 0 Å². The number of benzene rings is 1. The molecule has 5 nitrogen and oxygen atoms in total. The third kappa shape index (κ3) is 2.97. The summed E-state index contributed by atoms with van der Waals surface area (Å²) < 4.78 is 9.88. The van der Waals surface area contributed by atoms with Gasteiger partial charge in [0.05, 0.1) is 20.1 Å². The first-order valence-corrected chi connectivity index (χ1v) is 6.68. The predicted molar refractivity (Wildman–Crippen MR) is 74.9 cm³/mol. The first kappa shape index (κ1) is 14.9. The van der Waals surface area contributed by atoms with E-state index in [-0.39, 0.29) is 17.8 Å². The van der Waals surface area contributed by atoms with E-state index >= 15 is 0 Å². The van der Waals surface area contributed by atoms with E-state index in [9.17, 15) is 14.8 Å². The van der Waals surface area contributed by atoms with Crippen LogP contribution in [0.5, 0.6) is 5.75 Å². The van der Waals surface area contributed by atoms with E-state index in [1.807, 2.05) is 6.07 Å². The summed E-state index contributed by atoms with van der Waals surface area (Å²) >= 11 is 0. The normalized spacial score (nSPS) is 21.6. The Morgan fingerprint density at radius 3 is 2.65 bits per heavy atom. The average molecular weight is 278 g/mol. The van der Waals surface area contributed by atoms with Crippen molar-refractivity contribution in [2.24, 2.45) is 5.92 Å². The third-order valence-electron chi connectivity index (χ3n) is 3.97. The molecule has 0 aliphatic heterocycles. The molecule has 0 aromatic heterocycles. The van der Waals surface area contributed by atoms with Crippen molar-refractivity contribution in [3.63, 3.8) is 0 Å². The molecule has 1 fully saturated rings. The second kappa shape index (κ2) is 6.28. The Labute approximate surface area is 118 Å². The van der Waals surface area contributed by atoms with Gasteiger partial charge in [-0.1, -0.05) is 12.1 Å². The van der Waals surface area contributed by atoms with Crippen molar-refractivity contribution in [1.29, 1.82) is 0 Å². The second-order valence-electron chi connectivity index (χ2n) is 5.11. The van der Waals surface area contributed by atoms with Gasteiger partial charge in [-0.25, -0.2) is 0 Å². The van der Waals surface area contributed by atoms with Gasteiger partial charge < -0.3 is 19.5 Å². The number of rotatable bonds is 4. The molecule has 0 spiro atoms. The van der Waals surface area contributed by atoms with Crippen LogP contribution in [0.25, 0.3) is 0 Å². The smallest absolute Gasteiger partial charge is 0.492 e. The molecule has 1 aliphatic rings. The summed E-state index contributed by atoms with van der Waals surface area (Å²) in [5, 5.41) is 18.8. The minimum absolute atomic E-state index is 0.0606. The molecule has 0 radical (unpaired) electrons. The van der Waals surface area contributed by atoms with Crippen molar-refractivity contribution in [3.8, 4) is 5.75 Å². The van der Waals surface area contributed by atoms with Crippen LogP contribution in [-0.4, -0.2) is 37.4 Å². The highest BCUT2D eigenvalue weighted by atomic mass is 16.5. The van der Waals surface area contributed by atoms with Gasteiger partial charge in [0.25, 0.3) is 0 Å². The molecule has 1 aromatic rings. The Bertz CT molecular complexity index is 488. The van der Waals surface area contributed by atoms with Gasteiger partial charge in [-0.05, 0) is 36.8 Å². The molecule has 2 atom stereocenters. The van der Waals surface area contributed by atoms with Crippen LogP contribution >= 0.6 is 0 Å². The maximum Gasteiger partial charge on any atom is 0.492 e. The molecular formula is C14H19BO5. The zero-order valence-electron chi connectivity index (χ0n) is 11.7. The van der Waals surface area contributed by atoms with Crippen LogP contribution in [0.4, 0.5) is 0 Å². The number of carbonyl (C=O) groups excluding carboxylic acids is 1. The Hall–Kier alpha value is -1.53. The van der Waals surface area contributed by atoms with Crippen molar-refractivity contribution in [1.82, 2.24) is 0 Å². The van der Waals surface area contributed by atoms with Gasteiger partial charge in [-0.3, -0.25) is 4.79 Å². The molecule has 0 amide bonds. The molecule has 2 N–H and O–H groups in total. The van der Waals surface area contributed by atoms with Gasteiger partial charge >= 0.3 is 13.1 Å². The van der Waals surface area contributed by atoms with Crippen molar-refractivity contribution in [3.05, 3.63) is 23.8 Å². The summed E-state index contributed by atoms with van der Waals surface area (Å²) in [5.41, 5.74) is 1.35. The van der Waals surface area contributed by atoms with Gasteiger partial charge in [-0.2, -0.15) is 0 Å². The largest absolute Gasteiger partial charge is 0.497 e. The summed E-state index contributed by atoms with van der Waals surface area (Å²) in [6.45, 7) is 0. The quantitative estimate of drug-likeness (QED) is 0.617. The molecule has 6 heteroatoms. The number of carbonyl (C=O) groups is 1. The zero-order chi connectivity index (χ0) is 14.7. The number of hydrogen-bond donors (Lipinski definition) is 2. The maximum atomic E-state index is 11.5. The molecule has 108 valence electrons. The number of methoxy groups -OCH3 is 2. The molecule has 2 rings (SSSR count). The lowest BCUT2D eigenvalue weighted by atomic mass is 9.77. The lowest BCUT2D eigenvalue weighted by Gasteiger charge is -2.14. The Morgan fingerprint density at radius 2 is 2.05 bits per heavy atom. The monoisotopic (exact) mass is 278 g/mol. The maximum absolute atomic E-state index is 11.5. The first-order chi connectivity index (χ1) is 9.56. The highest BCUT2D eigenvalue weighted by molar-refractivity contribution is 6.59. The molecule has 0 heterocycles. The lowest BCUT2D eigenvalue weighted by Crippen LogP contribution is -2.31. The fourth-order valence-corrected chi connectivity index (χ4v) is 2.87. The van der Waals surface area contributed by atoms with E-state index in [0.29, 0.717) is 11.2 Å². The Kier molecular flexibility index (Phi) is 4.67. The van der Waals surface area contributed by atoms with Crippen molar-refractivity contribution >= 4 is 18.6 Å². The van der Waals surface area contributed by atoms with Crippen LogP contribution < -0.4 is 10.2 Å². The zero-order valence-corrected chi connectivity index (χ0v) is 11.7. The summed E-state index contributed by atoms with van der Waals surface area (Å²) in [6.07, 6.45) is 2.44. The number of esters is 1. The van der Waals surface area contributed by atoms with Crippen LogP contribution in [0.2, 0.25) is 0 Å². The number of ether oxygens (including phenoxy) is 2. The highest BCUT2D eigenvalue weighted by Gasteiger charge is 2.32. The van der Waals surface area contributed by atoms with Crippen LogP contribution in [0, 0.1) is 5.92 Å². The van der Waals surface area contributed by atoms with Gasteiger partial charge in [0, 0.05) is 5.46 Å². The third-order valence-corrected chi connectivity index (χ3v) is 3.97. The fourth-order valence-electron chi connectivity index (χ4n) is 2.87. The van der Waals surface area contributed by atoms with E-state index in [1.165, 1.54) is 14.2 Å². The van der Waals surface area contributed by atoms with Gasteiger partial charge in [0.2, 0.25) is 0 Å². The summed E-state index contributed by atoms with van der Waals surface area (Å²) in [4.78, 5) is 11.5. The summed E-state index contributed by atoms with van der Waals surface area (Å²) in [7, 11) is 1.33. The van der Waals surface area contributed by atoms with Crippen LogP contribution in [0.1, 0.15) is 30.7 Å². The molecule has 1 aliphatic carbocycles. The van der Waals surface area contributed by atoms with E-state index in [4.69, 9.17) is 9.47 Å². The van der Waals surface area contributed by atoms with Crippen molar-refractivity contribution < 1.29 is 24.3 Å². The first-order valence-electron chi connectivity index (χ1n) is 6.68. The predicted octanol–water partition coefficient (Wildman–Crippen LogP) is 0.432. The van der Waals surface area contributed by atoms with Crippen LogP contribution in [-0.2, 0) is 9.53 Å². The highest BCUT2D eigenvalue weighted by Crippen LogP contribution is 2.38. The Balaban J connectivity index is 2.18. The van der Waals surface area contributed by atoms with Gasteiger partial charge in [0.1, 0.15) is 5.75 Å². The molecule has 0 bridgehead atoms. The second-order valence-corrected chi connectivity index (χ2v) is 5.11. The molecular weight excluding hydrogens is 259 g/mol. The standard InChI is InChI=1S/C14H19BO5/c1-19-13-6-5-10(8-12(13)15(17)18)9-3-4-11(7-9)14(16)20-2/h5-6,8-9,11,17-18H,3-4,7H2,1-2H3/t9-,11+/m1/s1. The molecule has 0 saturated heterocycles. The topological polar surface area (TPSA) is 76.0 Å². The van der Waals surface area contributed by atoms with E-state index in [0.717, 1.165) is 24.8 Å². The lowest BCUT2D eigenvalue weighted by molar-refractivity contribution is -0.145. The van der Waals surface area contributed by atoms with Crippen molar-refractivity contribution in [2.45, 2.75) is 25.2 Å². The summed E-state index contributed by atoms with van der Waals surface area (Å²) in [5.74, 6) is 0.465. The van der Waals surface area contributed by atoms with Gasteiger partial charge in [0.15, 0.2) is 0 Å². The van der Waals surface area contributed by atoms with E-state index < -0.39 is 7.12 Å². The van der Waals surface area contributed by atoms with Gasteiger partial charge in [-0.15, -0.1) is 0 Å². The summed E-state index contributed by atoms with van der Waals surface area (Å²) in [6, 6.07) is 5.39.